The minimum Gasteiger partial charge on any atom is -0.381 e. The molecule has 0 bridgehead atoms. The molecule has 7 heteroatoms. The summed E-state index contributed by atoms with van der Waals surface area (Å²) < 4.78 is 2.42. The van der Waals surface area contributed by atoms with Crippen LogP contribution in [0, 0.1) is 6.92 Å². The Morgan fingerprint density at radius 2 is 1.58 bits per heavy atom. The average molecular weight is 479 g/mol. The molecule has 0 aromatic carbocycles. The average Bonchev–Trinajstić information content (AvgIpc) is 3.00. The Bertz CT molecular complexity index is 1080. The quantitative estimate of drug-likeness (QED) is 0.298. The highest BCUT2D eigenvalue weighted by Gasteiger charge is 2.47. The first-order chi connectivity index (χ1) is 14.3. The van der Waals surface area contributed by atoms with Gasteiger partial charge in [-0.2, -0.15) is 0 Å². The van der Waals surface area contributed by atoms with E-state index >= 15 is 0 Å². The van der Waals surface area contributed by atoms with Crippen molar-refractivity contribution >= 4 is 42.5 Å². The Labute approximate surface area is 196 Å². The van der Waals surface area contributed by atoms with Crippen molar-refractivity contribution in [2.24, 2.45) is 0 Å². The molecule has 0 aliphatic rings. The molecule has 3 heterocycles. The van der Waals surface area contributed by atoms with Crippen molar-refractivity contribution in [1.29, 1.82) is 0 Å². The predicted molar refractivity (Wildman–Crippen MR) is 134 cm³/mol. The van der Waals surface area contributed by atoms with Crippen LogP contribution in [0.1, 0.15) is 65.3 Å². The molecule has 0 saturated carbocycles. The number of fused-ring (bicyclic) bond motifs is 1. The molecule has 0 fully saturated rings. The largest absolute Gasteiger partial charge is 0.381 e. The Morgan fingerprint density at radius 1 is 1.00 bits per heavy atom. The van der Waals surface area contributed by atoms with Crippen molar-refractivity contribution in [2.45, 2.75) is 77.6 Å². The van der Waals surface area contributed by atoms with Gasteiger partial charge in [0.25, 0.3) is 0 Å². The van der Waals surface area contributed by atoms with Crippen LogP contribution in [0.3, 0.4) is 0 Å². The third-order valence-corrected chi connectivity index (χ3v) is 14.0. The van der Waals surface area contributed by atoms with Crippen LogP contribution in [0.15, 0.2) is 30.6 Å². The second kappa shape index (κ2) is 8.51. The van der Waals surface area contributed by atoms with Crippen LogP contribution in [0.25, 0.3) is 11.0 Å². The van der Waals surface area contributed by atoms with Gasteiger partial charge in [-0.3, -0.25) is 0 Å². The summed E-state index contributed by atoms with van der Waals surface area (Å²) in [5.74, 6) is 0. The van der Waals surface area contributed by atoms with Crippen LogP contribution in [-0.2, 0) is 5.60 Å². The van der Waals surface area contributed by atoms with Crippen molar-refractivity contribution in [1.82, 2.24) is 14.2 Å². The van der Waals surface area contributed by atoms with E-state index in [4.69, 9.17) is 28.2 Å². The van der Waals surface area contributed by atoms with Crippen molar-refractivity contribution in [3.63, 3.8) is 0 Å². The lowest BCUT2D eigenvalue weighted by atomic mass is 9.87. The van der Waals surface area contributed by atoms with Crippen molar-refractivity contribution in [3.05, 3.63) is 57.6 Å². The van der Waals surface area contributed by atoms with E-state index in [-0.39, 0.29) is 0 Å². The van der Waals surface area contributed by atoms with Crippen LogP contribution in [0.2, 0.25) is 26.8 Å². The minimum atomic E-state index is -2.10. The fourth-order valence-corrected chi connectivity index (χ4v) is 12.7. The molecule has 1 unspecified atom stereocenters. The van der Waals surface area contributed by atoms with E-state index in [0.717, 1.165) is 22.2 Å². The molecule has 3 rings (SSSR count). The zero-order valence-electron chi connectivity index (χ0n) is 19.7. The number of aromatic nitrogens is 3. The second-order valence-electron chi connectivity index (χ2n) is 9.63. The van der Waals surface area contributed by atoms with Gasteiger partial charge < -0.3 is 9.34 Å². The third kappa shape index (κ3) is 3.84. The SMILES string of the molecule is Cc1nc(Cl)ccc1C(C)(O)c1cn([Si](C(C)C)(C(C)C)C(C)C)c2ncc(Cl)cc12. The highest BCUT2D eigenvalue weighted by Crippen LogP contribution is 2.46. The molecule has 1 atom stereocenters. The molecule has 0 aliphatic carbocycles. The maximum atomic E-state index is 11.9. The summed E-state index contributed by atoms with van der Waals surface area (Å²) >= 11 is 12.5. The van der Waals surface area contributed by atoms with E-state index in [9.17, 15) is 5.11 Å². The fourth-order valence-electron chi connectivity index (χ4n) is 5.79. The molecule has 3 aromatic heterocycles. The molecule has 3 aromatic rings. The second-order valence-corrected chi connectivity index (χ2v) is 16.2. The highest BCUT2D eigenvalue weighted by molar-refractivity contribution is 6.82. The maximum Gasteiger partial charge on any atom is 0.171 e. The summed E-state index contributed by atoms with van der Waals surface area (Å²) in [6.45, 7) is 17.6. The van der Waals surface area contributed by atoms with E-state index in [0.29, 0.717) is 32.5 Å². The predicted octanol–water partition coefficient (Wildman–Crippen LogP) is 7.33. The van der Waals surface area contributed by atoms with Gasteiger partial charge in [0.05, 0.1) is 5.02 Å². The lowest BCUT2D eigenvalue weighted by molar-refractivity contribution is 0.103. The van der Waals surface area contributed by atoms with Crippen molar-refractivity contribution < 1.29 is 5.11 Å². The fraction of sp³-hybridized carbons (Fsp3) is 0.500. The van der Waals surface area contributed by atoms with E-state index in [2.05, 4.69) is 57.0 Å². The highest BCUT2D eigenvalue weighted by atomic mass is 35.5. The van der Waals surface area contributed by atoms with Crippen molar-refractivity contribution in [3.8, 4) is 0 Å². The lowest BCUT2D eigenvalue weighted by Gasteiger charge is -2.44. The van der Waals surface area contributed by atoms with Gasteiger partial charge in [0, 0.05) is 34.6 Å². The zero-order chi connectivity index (χ0) is 23.3. The number of nitrogens with zero attached hydrogens (tertiary/aromatic N) is 3. The number of pyridine rings is 2. The summed E-state index contributed by atoms with van der Waals surface area (Å²) in [7, 11) is -2.10. The van der Waals surface area contributed by atoms with E-state index < -0.39 is 13.8 Å². The number of aliphatic hydroxyl groups is 1. The number of hydrogen-bond donors (Lipinski definition) is 1. The first kappa shape index (κ1) is 24.2. The smallest absolute Gasteiger partial charge is 0.171 e. The molecule has 168 valence electrons. The number of aryl methyl sites for hydroxylation is 1. The molecular weight excluding hydrogens is 445 g/mol. The van der Waals surface area contributed by atoms with Gasteiger partial charge in [0.2, 0.25) is 0 Å². The third-order valence-electron chi connectivity index (χ3n) is 6.90. The summed E-state index contributed by atoms with van der Waals surface area (Å²) in [5, 5.41) is 13.7. The summed E-state index contributed by atoms with van der Waals surface area (Å²) in [6.07, 6.45) is 3.84. The first-order valence-corrected chi connectivity index (χ1v) is 13.8. The summed E-state index contributed by atoms with van der Waals surface area (Å²) in [6, 6.07) is 5.49. The van der Waals surface area contributed by atoms with Gasteiger partial charge in [-0.25, -0.2) is 9.97 Å². The molecule has 1 N–H and O–H groups in total. The monoisotopic (exact) mass is 477 g/mol. The molecular formula is C24H33Cl2N3OSi. The van der Waals surface area contributed by atoms with Gasteiger partial charge >= 0.3 is 0 Å². The van der Waals surface area contributed by atoms with E-state index in [1.54, 1.807) is 12.3 Å². The molecule has 4 nitrogen and oxygen atoms in total. The molecule has 0 saturated heterocycles. The topological polar surface area (TPSA) is 50.9 Å². The molecule has 0 spiro atoms. The van der Waals surface area contributed by atoms with Gasteiger partial charge in [0.15, 0.2) is 8.24 Å². The van der Waals surface area contributed by atoms with Gasteiger partial charge in [-0.05, 0) is 42.6 Å². The van der Waals surface area contributed by atoms with E-state index in [1.807, 2.05) is 26.0 Å². The van der Waals surface area contributed by atoms with Crippen LogP contribution < -0.4 is 0 Å². The summed E-state index contributed by atoms with van der Waals surface area (Å²) in [5.41, 5.74) is 3.29. The Balaban J connectivity index is 2.41. The number of rotatable bonds is 6. The Kier molecular flexibility index (Phi) is 6.65. The Morgan fingerprint density at radius 3 is 2.10 bits per heavy atom. The lowest BCUT2D eigenvalue weighted by Crippen LogP contribution is -2.51. The molecule has 31 heavy (non-hydrogen) atoms. The van der Waals surface area contributed by atoms with Gasteiger partial charge in [-0.15, -0.1) is 0 Å². The maximum absolute atomic E-state index is 11.9. The normalized spacial score (nSPS) is 14.8. The molecule has 0 aliphatic heterocycles. The molecule has 0 radical (unpaired) electrons. The van der Waals surface area contributed by atoms with Crippen LogP contribution >= 0.6 is 23.2 Å². The Hall–Kier alpha value is -1.40. The minimum absolute atomic E-state index is 0.412. The van der Waals surface area contributed by atoms with Crippen molar-refractivity contribution in [2.75, 3.05) is 0 Å². The zero-order valence-corrected chi connectivity index (χ0v) is 22.2. The van der Waals surface area contributed by atoms with Gasteiger partial charge in [0.1, 0.15) is 16.4 Å². The van der Waals surface area contributed by atoms with Crippen LogP contribution in [0.4, 0.5) is 0 Å². The standard InChI is InChI=1S/C24H33Cl2N3OSi/c1-14(2)31(15(3)4,16(5)6)29-13-21(19-11-18(25)12-27-23(19)29)24(8,30)20-9-10-22(26)28-17(20)7/h9-16,30H,1-8H3. The number of halogens is 2. The number of hydrogen-bond acceptors (Lipinski definition) is 3. The van der Waals surface area contributed by atoms with Crippen LogP contribution in [-0.4, -0.2) is 27.5 Å². The molecule has 0 amide bonds. The summed E-state index contributed by atoms with van der Waals surface area (Å²) in [4.78, 5) is 9.14. The first-order valence-electron chi connectivity index (χ1n) is 10.9. The van der Waals surface area contributed by atoms with Crippen LogP contribution in [0.5, 0.6) is 0 Å². The van der Waals surface area contributed by atoms with Gasteiger partial charge in [-0.1, -0.05) is 70.8 Å². The van der Waals surface area contributed by atoms with E-state index in [1.165, 1.54) is 0 Å².